The van der Waals surface area contributed by atoms with Crippen molar-refractivity contribution in [1.29, 1.82) is 0 Å². The molecular weight excluding hydrogens is 314 g/mol. The molecule has 2 heterocycles. The summed E-state index contributed by atoms with van der Waals surface area (Å²) in [5.41, 5.74) is 1.17. The second-order valence-electron chi connectivity index (χ2n) is 7.15. The molecule has 2 fully saturated rings. The van der Waals surface area contributed by atoms with Gasteiger partial charge in [0.25, 0.3) is 0 Å². The van der Waals surface area contributed by atoms with E-state index in [1.807, 2.05) is 37.5 Å². The van der Waals surface area contributed by atoms with Gasteiger partial charge in [-0.25, -0.2) is 4.98 Å². The Hall–Kier alpha value is -2.30. The number of carbonyl (C=O) groups is 1. The van der Waals surface area contributed by atoms with Crippen molar-refractivity contribution in [3.63, 3.8) is 0 Å². The Labute approximate surface area is 148 Å². The van der Waals surface area contributed by atoms with Crippen LogP contribution in [0.5, 0.6) is 5.75 Å². The molecule has 5 nitrogen and oxygen atoms in total. The van der Waals surface area contributed by atoms with Gasteiger partial charge in [0.15, 0.2) is 0 Å². The minimum Gasteiger partial charge on any atom is -0.496 e. The van der Waals surface area contributed by atoms with Crippen molar-refractivity contribution in [2.75, 3.05) is 20.2 Å². The van der Waals surface area contributed by atoms with Crippen molar-refractivity contribution in [2.45, 2.75) is 38.1 Å². The van der Waals surface area contributed by atoms with E-state index in [9.17, 15) is 4.79 Å². The van der Waals surface area contributed by atoms with Gasteiger partial charge in [0.05, 0.1) is 13.2 Å². The number of para-hydroxylation sites is 1. The lowest BCUT2D eigenvalue weighted by Gasteiger charge is -2.34. The molecule has 0 unspecified atom stereocenters. The highest BCUT2D eigenvalue weighted by Crippen LogP contribution is 2.51. The lowest BCUT2D eigenvalue weighted by atomic mass is 10.0. The summed E-state index contributed by atoms with van der Waals surface area (Å²) in [6.45, 7) is 3.70. The van der Waals surface area contributed by atoms with Crippen LogP contribution in [0.4, 0.5) is 0 Å². The third kappa shape index (κ3) is 3.03. The van der Waals surface area contributed by atoms with Crippen molar-refractivity contribution >= 4 is 5.91 Å². The summed E-state index contributed by atoms with van der Waals surface area (Å²) in [5, 5.41) is 0. The Kier molecular flexibility index (Phi) is 4.24. The molecule has 2 aromatic rings. The van der Waals surface area contributed by atoms with Crippen LogP contribution in [0.2, 0.25) is 0 Å². The molecule has 0 radical (unpaired) electrons. The molecule has 3 atom stereocenters. The summed E-state index contributed by atoms with van der Waals surface area (Å²) in [7, 11) is 1.70. The fourth-order valence-electron chi connectivity index (χ4n) is 4.17. The van der Waals surface area contributed by atoms with E-state index >= 15 is 0 Å². The highest BCUT2D eigenvalue weighted by molar-refractivity contribution is 5.83. The van der Waals surface area contributed by atoms with Crippen LogP contribution in [0.1, 0.15) is 42.6 Å². The summed E-state index contributed by atoms with van der Waals surface area (Å²) >= 11 is 0. The zero-order valence-electron chi connectivity index (χ0n) is 14.9. The van der Waals surface area contributed by atoms with Crippen molar-refractivity contribution in [1.82, 2.24) is 14.5 Å². The average Bonchev–Trinajstić information content (AvgIpc) is 3.34. The lowest BCUT2D eigenvalue weighted by Crippen LogP contribution is -2.41. The topological polar surface area (TPSA) is 47.4 Å². The summed E-state index contributed by atoms with van der Waals surface area (Å²) in [6.07, 6.45) is 6.98. The molecule has 1 amide bonds. The zero-order chi connectivity index (χ0) is 17.4. The molecule has 0 N–H and O–H groups in total. The van der Waals surface area contributed by atoms with E-state index in [0.29, 0.717) is 17.9 Å². The van der Waals surface area contributed by atoms with Gasteiger partial charge in [0, 0.05) is 31.4 Å². The second kappa shape index (κ2) is 6.54. The third-order valence-electron chi connectivity index (χ3n) is 5.61. The van der Waals surface area contributed by atoms with Crippen molar-refractivity contribution in [3.05, 3.63) is 48.0 Å². The number of hydrogen-bond acceptors (Lipinski definition) is 3. The number of piperidine rings is 1. The number of hydrogen-bond donors (Lipinski definition) is 0. The normalized spacial score (nSPS) is 25.7. The van der Waals surface area contributed by atoms with E-state index in [-0.39, 0.29) is 5.92 Å². The van der Waals surface area contributed by atoms with Crippen LogP contribution in [0, 0.1) is 12.8 Å². The monoisotopic (exact) mass is 339 g/mol. The second-order valence-corrected chi connectivity index (χ2v) is 7.15. The van der Waals surface area contributed by atoms with Crippen LogP contribution >= 0.6 is 0 Å². The van der Waals surface area contributed by atoms with E-state index in [1.54, 1.807) is 7.11 Å². The number of carbonyl (C=O) groups excluding carboxylic acids is 1. The van der Waals surface area contributed by atoms with Gasteiger partial charge in [-0.15, -0.1) is 0 Å². The van der Waals surface area contributed by atoms with E-state index in [4.69, 9.17) is 4.74 Å². The minimum absolute atomic E-state index is 0.110. The number of ether oxygens (including phenoxy) is 1. The van der Waals surface area contributed by atoms with Gasteiger partial charge in [-0.2, -0.15) is 0 Å². The van der Waals surface area contributed by atoms with Gasteiger partial charge < -0.3 is 14.2 Å². The molecule has 1 aliphatic heterocycles. The van der Waals surface area contributed by atoms with Crippen molar-refractivity contribution in [2.24, 2.45) is 5.92 Å². The minimum atomic E-state index is 0.110. The molecule has 5 heteroatoms. The molecule has 1 aromatic carbocycles. The maximum absolute atomic E-state index is 13.0. The first-order valence-corrected chi connectivity index (χ1v) is 9.10. The highest BCUT2D eigenvalue weighted by atomic mass is 16.5. The van der Waals surface area contributed by atoms with Crippen molar-refractivity contribution in [3.8, 4) is 5.75 Å². The van der Waals surface area contributed by atoms with E-state index < -0.39 is 0 Å². The van der Waals surface area contributed by atoms with Gasteiger partial charge in [-0.05, 0) is 43.7 Å². The maximum atomic E-state index is 13.0. The smallest absolute Gasteiger partial charge is 0.226 e. The summed E-state index contributed by atoms with van der Waals surface area (Å²) in [4.78, 5) is 19.4. The number of benzene rings is 1. The first kappa shape index (κ1) is 16.2. The zero-order valence-corrected chi connectivity index (χ0v) is 14.9. The number of aryl methyl sites for hydroxylation is 1. The third-order valence-corrected chi connectivity index (χ3v) is 5.61. The number of aromatic nitrogens is 2. The SMILES string of the molecule is COc1ccccc1[C@@H]1C[C@@H]1C(=O)N1CCC[C@@H](n2ccnc2C)C1. The Bertz CT molecular complexity index is 770. The standard InChI is InChI=1S/C20H25N3O2/c1-14-21-9-11-23(14)15-6-5-10-22(13-15)20(24)18-12-17(18)16-7-3-4-8-19(16)25-2/h3-4,7-9,11,15,17-18H,5-6,10,12-13H2,1-2H3/t15-,17+,18+/m1/s1. The molecule has 1 saturated heterocycles. The first-order chi connectivity index (χ1) is 12.2. The number of nitrogens with zero attached hydrogens (tertiary/aromatic N) is 3. The van der Waals surface area contributed by atoms with Gasteiger partial charge in [0.2, 0.25) is 5.91 Å². The van der Waals surface area contributed by atoms with Crippen LogP contribution in [0.25, 0.3) is 0 Å². The Morgan fingerprint density at radius 2 is 2.16 bits per heavy atom. The molecule has 0 bridgehead atoms. The maximum Gasteiger partial charge on any atom is 0.226 e. The van der Waals surface area contributed by atoms with Crippen LogP contribution in [-0.2, 0) is 4.79 Å². The van der Waals surface area contributed by atoms with Gasteiger partial charge >= 0.3 is 0 Å². The predicted octanol–water partition coefficient (Wildman–Crippen LogP) is 3.17. The summed E-state index contributed by atoms with van der Waals surface area (Å²) < 4.78 is 7.68. The molecule has 132 valence electrons. The molecule has 25 heavy (non-hydrogen) atoms. The van der Waals surface area contributed by atoms with Gasteiger partial charge in [-0.1, -0.05) is 18.2 Å². The number of rotatable bonds is 4. The Balaban J connectivity index is 1.44. The van der Waals surface area contributed by atoms with Gasteiger partial charge in [0.1, 0.15) is 11.6 Å². The predicted molar refractivity (Wildman–Crippen MR) is 95.7 cm³/mol. The van der Waals surface area contributed by atoms with E-state index in [2.05, 4.69) is 20.5 Å². The number of amides is 1. The molecule has 1 aromatic heterocycles. The first-order valence-electron chi connectivity index (χ1n) is 9.10. The molecule has 1 aliphatic carbocycles. The molecular formula is C20H25N3O2. The van der Waals surface area contributed by atoms with Crippen molar-refractivity contribution < 1.29 is 9.53 Å². The quantitative estimate of drug-likeness (QED) is 0.859. The fourth-order valence-corrected chi connectivity index (χ4v) is 4.17. The molecule has 0 spiro atoms. The fraction of sp³-hybridized carbons (Fsp3) is 0.500. The Morgan fingerprint density at radius 1 is 1.32 bits per heavy atom. The average molecular weight is 339 g/mol. The summed E-state index contributed by atoms with van der Waals surface area (Å²) in [6, 6.07) is 8.42. The van der Waals surface area contributed by atoms with Crippen LogP contribution < -0.4 is 4.74 Å². The van der Waals surface area contributed by atoms with Crippen LogP contribution in [0.15, 0.2) is 36.7 Å². The molecule has 4 rings (SSSR count). The highest BCUT2D eigenvalue weighted by Gasteiger charge is 2.47. The van der Waals surface area contributed by atoms with Crippen LogP contribution in [-0.4, -0.2) is 40.6 Å². The molecule has 1 saturated carbocycles. The number of imidazole rings is 1. The number of methoxy groups -OCH3 is 1. The van der Waals surface area contributed by atoms with E-state index in [0.717, 1.165) is 43.9 Å². The molecule has 2 aliphatic rings. The van der Waals surface area contributed by atoms with Crippen LogP contribution in [0.3, 0.4) is 0 Å². The van der Waals surface area contributed by atoms with E-state index in [1.165, 1.54) is 5.56 Å². The Morgan fingerprint density at radius 3 is 2.92 bits per heavy atom. The van der Waals surface area contributed by atoms with Gasteiger partial charge in [-0.3, -0.25) is 4.79 Å². The summed E-state index contributed by atoms with van der Waals surface area (Å²) in [5.74, 6) is 2.64. The lowest BCUT2D eigenvalue weighted by molar-refractivity contribution is -0.134. The number of likely N-dealkylation sites (tertiary alicyclic amines) is 1. The largest absolute Gasteiger partial charge is 0.496 e.